The summed E-state index contributed by atoms with van der Waals surface area (Å²) < 4.78 is 8.13. The topological polar surface area (TPSA) is 61.6 Å². The lowest BCUT2D eigenvalue weighted by molar-refractivity contribution is -0.598. The predicted octanol–water partition coefficient (Wildman–Crippen LogP) is 2.12. The molecule has 0 bridgehead atoms. The molecule has 1 aromatic carbocycles. The van der Waals surface area contributed by atoms with Crippen LogP contribution in [0.25, 0.3) is 0 Å². The van der Waals surface area contributed by atoms with E-state index in [4.69, 9.17) is 9.47 Å². The molecule has 1 aromatic rings. The van der Waals surface area contributed by atoms with Crippen LogP contribution in [-0.4, -0.2) is 19.1 Å². The van der Waals surface area contributed by atoms with E-state index in [1.165, 1.54) is 14.2 Å². The van der Waals surface area contributed by atoms with E-state index in [1.807, 2.05) is 0 Å². The highest BCUT2D eigenvalue weighted by molar-refractivity contribution is 9.09. The SMILES string of the molecule is COc1ccccc1C(Br)(OC)[N+](=O)[O-]. The van der Waals surface area contributed by atoms with Crippen LogP contribution in [0.4, 0.5) is 0 Å². The van der Waals surface area contributed by atoms with Crippen molar-refractivity contribution >= 4 is 15.9 Å². The maximum Gasteiger partial charge on any atom is 0.410 e. The molecular formula is C9H10BrNO4. The van der Waals surface area contributed by atoms with Gasteiger partial charge in [0.1, 0.15) is 11.3 Å². The van der Waals surface area contributed by atoms with Crippen molar-refractivity contribution in [3.63, 3.8) is 0 Å². The van der Waals surface area contributed by atoms with Crippen molar-refractivity contribution < 1.29 is 14.4 Å². The van der Waals surface area contributed by atoms with Crippen molar-refractivity contribution in [1.82, 2.24) is 0 Å². The van der Waals surface area contributed by atoms with E-state index in [0.29, 0.717) is 11.3 Å². The molecule has 0 N–H and O–H groups in total. The standard InChI is InChI=1S/C9H10BrNO4/c1-14-8-6-4-3-5-7(8)9(10,15-2)11(12)13/h3-6H,1-2H3. The molecular weight excluding hydrogens is 266 g/mol. The molecule has 82 valence electrons. The van der Waals surface area contributed by atoms with Crippen molar-refractivity contribution in [2.75, 3.05) is 14.2 Å². The molecule has 0 aliphatic heterocycles. The molecule has 0 heterocycles. The summed E-state index contributed by atoms with van der Waals surface area (Å²) in [5.74, 6) is 0.396. The Morgan fingerprint density at radius 3 is 2.47 bits per heavy atom. The number of hydrogen-bond acceptors (Lipinski definition) is 4. The van der Waals surface area contributed by atoms with Crippen LogP contribution in [0.15, 0.2) is 24.3 Å². The third-order valence-electron chi connectivity index (χ3n) is 1.94. The first-order valence-corrected chi connectivity index (χ1v) is 4.87. The number of nitro groups is 1. The third-order valence-corrected chi connectivity index (χ3v) is 2.98. The van der Waals surface area contributed by atoms with Gasteiger partial charge in [0.15, 0.2) is 0 Å². The van der Waals surface area contributed by atoms with E-state index in [9.17, 15) is 10.1 Å². The highest BCUT2D eigenvalue weighted by Crippen LogP contribution is 2.38. The fourth-order valence-corrected chi connectivity index (χ4v) is 1.51. The van der Waals surface area contributed by atoms with Crippen molar-refractivity contribution in [1.29, 1.82) is 0 Å². The molecule has 15 heavy (non-hydrogen) atoms. The summed E-state index contributed by atoms with van der Waals surface area (Å²) in [5, 5.41) is 10.9. The first kappa shape index (κ1) is 11.9. The van der Waals surface area contributed by atoms with Gasteiger partial charge in [-0.15, -0.1) is 0 Å². The van der Waals surface area contributed by atoms with E-state index in [0.717, 1.165) is 0 Å². The fourth-order valence-electron chi connectivity index (χ4n) is 1.18. The Hall–Kier alpha value is -1.14. The van der Waals surface area contributed by atoms with Gasteiger partial charge in [-0.25, -0.2) is 0 Å². The summed E-state index contributed by atoms with van der Waals surface area (Å²) in [4.78, 5) is 10.3. The van der Waals surface area contributed by atoms with Crippen LogP contribution in [0.2, 0.25) is 0 Å². The molecule has 0 spiro atoms. The Balaban J connectivity index is 3.29. The van der Waals surface area contributed by atoms with Crippen molar-refractivity contribution in [2.24, 2.45) is 0 Å². The molecule has 0 fully saturated rings. The van der Waals surface area contributed by atoms with Crippen LogP contribution in [0.1, 0.15) is 5.56 Å². The number of benzene rings is 1. The molecule has 0 saturated carbocycles. The van der Waals surface area contributed by atoms with E-state index in [1.54, 1.807) is 24.3 Å². The smallest absolute Gasteiger partial charge is 0.410 e. The maximum atomic E-state index is 10.9. The molecule has 5 nitrogen and oxygen atoms in total. The Morgan fingerprint density at radius 1 is 1.40 bits per heavy atom. The lowest BCUT2D eigenvalue weighted by Crippen LogP contribution is -2.30. The second-order valence-electron chi connectivity index (χ2n) is 2.72. The summed E-state index contributed by atoms with van der Waals surface area (Å²) in [6, 6.07) is 6.61. The molecule has 6 heteroatoms. The summed E-state index contributed by atoms with van der Waals surface area (Å²) >= 11 is 2.95. The monoisotopic (exact) mass is 275 g/mol. The minimum atomic E-state index is -1.76. The van der Waals surface area contributed by atoms with Crippen LogP contribution in [-0.2, 0) is 9.37 Å². The lowest BCUT2D eigenvalue weighted by Gasteiger charge is -2.18. The van der Waals surface area contributed by atoms with E-state index >= 15 is 0 Å². The van der Waals surface area contributed by atoms with E-state index in [-0.39, 0.29) is 0 Å². The maximum absolute atomic E-state index is 10.9. The minimum Gasteiger partial charge on any atom is -0.496 e. The van der Waals surface area contributed by atoms with Crippen LogP contribution < -0.4 is 4.74 Å². The Morgan fingerprint density at radius 2 is 2.00 bits per heavy atom. The molecule has 0 aliphatic carbocycles. The second kappa shape index (κ2) is 4.59. The molecule has 0 radical (unpaired) electrons. The van der Waals surface area contributed by atoms with Gasteiger partial charge >= 0.3 is 4.63 Å². The highest BCUT2D eigenvalue weighted by atomic mass is 79.9. The van der Waals surface area contributed by atoms with Crippen LogP contribution in [0, 0.1) is 10.1 Å². The largest absolute Gasteiger partial charge is 0.496 e. The van der Waals surface area contributed by atoms with Crippen molar-refractivity contribution in [2.45, 2.75) is 4.63 Å². The third kappa shape index (κ3) is 2.10. The summed E-state index contributed by atoms with van der Waals surface area (Å²) in [6.45, 7) is 0. The lowest BCUT2D eigenvalue weighted by atomic mass is 10.2. The van der Waals surface area contributed by atoms with E-state index < -0.39 is 9.56 Å². The predicted molar refractivity (Wildman–Crippen MR) is 57.6 cm³/mol. The van der Waals surface area contributed by atoms with Gasteiger partial charge in [-0.3, -0.25) is 10.1 Å². The van der Waals surface area contributed by atoms with E-state index in [2.05, 4.69) is 15.9 Å². The average Bonchev–Trinajstić information content (AvgIpc) is 2.27. The molecule has 1 rings (SSSR count). The zero-order chi connectivity index (χ0) is 11.5. The van der Waals surface area contributed by atoms with Gasteiger partial charge in [-0.1, -0.05) is 12.1 Å². The quantitative estimate of drug-likeness (QED) is 0.278. The summed E-state index contributed by atoms with van der Waals surface area (Å²) in [6.07, 6.45) is 0. The molecule has 0 aliphatic rings. The number of ether oxygens (including phenoxy) is 2. The van der Waals surface area contributed by atoms with Gasteiger partial charge in [0.2, 0.25) is 0 Å². The van der Waals surface area contributed by atoms with Crippen molar-refractivity contribution in [3.05, 3.63) is 39.9 Å². The van der Waals surface area contributed by atoms with Gasteiger partial charge in [0.25, 0.3) is 0 Å². The van der Waals surface area contributed by atoms with Crippen LogP contribution in [0.3, 0.4) is 0 Å². The zero-order valence-corrected chi connectivity index (χ0v) is 9.85. The number of nitrogens with zero attached hydrogens (tertiary/aromatic N) is 1. The van der Waals surface area contributed by atoms with Gasteiger partial charge in [-0.05, 0) is 12.1 Å². The van der Waals surface area contributed by atoms with Crippen molar-refractivity contribution in [3.8, 4) is 5.75 Å². The molecule has 0 amide bonds. The average molecular weight is 276 g/mol. The van der Waals surface area contributed by atoms with Gasteiger partial charge in [-0.2, -0.15) is 0 Å². The number of halogens is 1. The Labute approximate surface area is 95.3 Å². The van der Waals surface area contributed by atoms with Crippen LogP contribution >= 0.6 is 15.9 Å². The summed E-state index contributed by atoms with van der Waals surface area (Å²) in [7, 11) is 2.70. The first-order valence-electron chi connectivity index (χ1n) is 4.08. The van der Waals surface area contributed by atoms with Gasteiger partial charge in [0.05, 0.1) is 12.0 Å². The number of rotatable bonds is 4. The Kier molecular flexibility index (Phi) is 3.65. The highest BCUT2D eigenvalue weighted by Gasteiger charge is 2.44. The summed E-state index contributed by atoms with van der Waals surface area (Å²) in [5.41, 5.74) is 0.319. The number of hydrogen-bond donors (Lipinski definition) is 0. The first-order chi connectivity index (χ1) is 7.06. The fraction of sp³-hybridized carbons (Fsp3) is 0.333. The van der Waals surface area contributed by atoms with Crippen LogP contribution in [0.5, 0.6) is 5.75 Å². The zero-order valence-electron chi connectivity index (χ0n) is 8.27. The van der Waals surface area contributed by atoms with Gasteiger partial charge in [0, 0.05) is 23.0 Å². The molecule has 1 atom stereocenters. The number of methoxy groups -OCH3 is 2. The second-order valence-corrected chi connectivity index (χ2v) is 3.80. The normalized spacial score (nSPS) is 14.3. The minimum absolute atomic E-state index is 0.319. The molecule has 0 saturated heterocycles. The van der Waals surface area contributed by atoms with Gasteiger partial charge < -0.3 is 9.47 Å². The number of alkyl halides is 1. The number of para-hydroxylation sites is 1. The molecule has 0 aromatic heterocycles. The Bertz CT molecular complexity index is 371. The molecule has 1 unspecified atom stereocenters.